The monoisotopic (exact) mass is 351 g/mol. The number of hydroxylamine groups is 2. The van der Waals surface area contributed by atoms with Crippen molar-refractivity contribution >= 4 is 0 Å². The van der Waals surface area contributed by atoms with Crippen molar-refractivity contribution in [2.75, 3.05) is 72.7 Å². The first-order valence-corrected chi connectivity index (χ1v) is 10.5. The van der Waals surface area contributed by atoms with Gasteiger partial charge in [-0.3, -0.25) is 0 Å². The van der Waals surface area contributed by atoms with Gasteiger partial charge in [-0.1, -0.05) is 0 Å². The van der Waals surface area contributed by atoms with Gasteiger partial charge in [-0.15, -0.1) is 0 Å². The largest absolute Gasteiger partial charge is 0.381 e. The highest BCUT2D eigenvalue weighted by Gasteiger charge is 2.48. The summed E-state index contributed by atoms with van der Waals surface area (Å²) in [6.07, 6.45) is 5.68. The molecule has 2 aliphatic carbocycles. The zero-order valence-corrected chi connectivity index (χ0v) is 16.3. The van der Waals surface area contributed by atoms with Gasteiger partial charge in [0.2, 0.25) is 0 Å². The van der Waals surface area contributed by atoms with E-state index >= 15 is 0 Å². The van der Waals surface area contributed by atoms with Crippen molar-refractivity contribution in [1.82, 2.24) is 14.9 Å². The molecule has 0 spiro atoms. The highest BCUT2D eigenvalue weighted by molar-refractivity contribution is 5.00. The van der Waals surface area contributed by atoms with Crippen LogP contribution in [0.25, 0.3) is 0 Å². The summed E-state index contributed by atoms with van der Waals surface area (Å²) in [6, 6.07) is 0. The van der Waals surface area contributed by atoms with Gasteiger partial charge < -0.3 is 19.4 Å². The van der Waals surface area contributed by atoms with Crippen LogP contribution in [0, 0.1) is 23.2 Å². The van der Waals surface area contributed by atoms with Crippen LogP contribution in [-0.2, 0) is 9.57 Å². The van der Waals surface area contributed by atoms with E-state index < -0.39 is 0 Å². The Labute approximate surface area is 153 Å². The molecule has 4 aliphatic rings. The molecule has 5 nitrogen and oxygen atoms in total. The molecule has 144 valence electrons. The normalized spacial score (nSPS) is 36.0. The van der Waals surface area contributed by atoms with E-state index in [1.807, 2.05) is 0 Å². The van der Waals surface area contributed by atoms with Crippen LogP contribution in [0.2, 0.25) is 0 Å². The first-order valence-electron chi connectivity index (χ1n) is 10.5. The predicted molar refractivity (Wildman–Crippen MR) is 99.3 cm³/mol. The third-order valence-corrected chi connectivity index (χ3v) is 7.29. The average Bonchev–Trinajstić information content (AvgIpc) is 3.35. The lowest BCUT2D eigenvalue weighted by molar-refractivity contribution is -0.153. The molecule has 2 saturated heterocycles. The molecule has 0 aromatic heterocycles. The van der Waals surface area contributed by atoms with Gasteiger partial charge in [0, 0.05) is 64.4 Å². The maximum Gasteiger partial charge on any atom is 0.0575 e. The number of hydrogen-bond donors (Lipinski definition) is 0. The van der Waals surface area contributed by atoms with Gasteiger partial charge in [-0.25, -0.2) is 0 Å². The third kappa shape index (κ3) is 4.22. The Bertz CT molecular complexity index is 421. The van der Waals surface area contributed by atoms with Gasteiger partial charge in [0.25, 0.3) is 0 Å². The van der Waals surface area contributed by atoms with Crippen molar-refractivity contribution in [2.24, 2.45) is 23.2 Å². The van der Waals surface area contributed by atoms with Crippen molar-refractivity contribution in [1.29, 1.82) is 0 Å². The van der Waals surface area contributed by atoms with Gasteiger partial charge in [0.05, 0.1) is 13.7 Å². The van der Waals surface area contributed by atoms with Crippen LogP contribution in [0.5, 0.6) is 0 Å². The van der Waals surface area contributed by atoms with Crippen LogP contribution < -0.4 is 0 Å². The van der Waals surface area contributed by atoms with Crippen molar-refractivity contribution in [2.45, 2.75) is 32.6 Å². The molecule has 2 aliphatic heterocycles. The number of likely N-dealkylation sites (tertiary alicyclic amines) is 1. The molecular weight excluding hydrogens is 314 g/mol. The lowest BCUT2D eigenvalue weighted by Gasteiger charge is -2.43. The van der Waals surface area contributed by atoms with Crippen molar-refractivity contribution < 1.29 is 9.57 Å². The van der Waals surface area contributed by atoms with E-state index in [0.29, 0.717) is 5.41 Å². The number of fused-ring (bicyclic) bond motifs is 2. The fourth-order valence-electron chi connectivity index (χ4n) is 5.57. The Hall–Kier alpha value is -0.200. The summed E-state index contributed by atoms with van der Waals surface area (Å²) >= 11 is 0. The van der Waals surface area contributed by atoms with Gasteiger partial charge >= 0.3 is 0 Å². The highest BCUT2D eigenvalue weighted by atomic mass is 16.7. The average molecular weight is 352 g/mol. The van der Waals surface area contributed by atoms with E-state index in [0.717, 1.165) is 44.1 Å². The summed E-state index contributed by atoms with van der Waals surface area (Å²) in [5, 5.41) is 2.10. The third-order valence-electron chi connectivity index (χ3n) is 7.29. The fraction of sp³-hybridized carbons (Fsp3) is 1.00. The molecule has 4 rings (SSSR count). The van der Waals surface area contributed by atoms with Gasteiger partial charge in [-0.05, 0) is 50.4 Å². The first-order chi connectivity index (χ1) is 12.2. The van der Waals surface area contributed by atoms with Crippen LogP contribution >= 0.6 is 0 Å². The number of hydrogen-bond acceptors (Lipinski definition) is 5. The Morgan fingerprint density at radius 1 is 0.960 bits per heavy atom. The predicted octanol–water partition coefficient (Wildman–Crippen LogP) is 1.94. The van der Waals surface area contributed by atoms with E-state index in [4.69, 9.17) is 9.57 Å². The summed E-state index contributed by atoms with van der Waals surface area (Å²) < 4.78 is 5.76. The number of ether oxygens (including phenoxy) is 1. The summed E-state index contributed by atoms with van der Waals surface area (Å²) in [7, 11) is 1.80. The van der Waals surface area contributed by atoms with Crippen molar-refractivity contribution in [3.05, 3.63) is 0 Å². The SMILES string of the molecule is CCOCC1(CN2CC3CCC(C2)C3CN2CCN(OC)CC2)CC1. The van der Waals surface area contributed by atoms with Crippen LogP contribution in [-0.4, -0.2) is 87.5 Å². The molecular formula is C20H37N3O2. The second kappa shape index (κ2) is 7.81. The van der Waals surface area contributed by atoms with E-state index in [1.54, 1.807) is 7.11 Å². The zero-order chi connectivity index (χ0) is 17.3. The van der Waals surface area contributed by atoms with E-state index in [1.165, 1.54) is 65.0 Å². The van der Waals surface area contributed by atoms with Gasteiger partial charge in [0.15, 0.2) is 0 Å². The van der Waals surface area contributed by atoms with Crippen LogP contribution in [0.3, 0.4) is 0 Å². The Morgan fingerprint density at radius 3 is 2.20 bits per heavy atom. The molecule has 2 unspecified atom stereocenters. The maximum atomic E-state index is 5.76. The van der Waals surface area contributed by atoms with Crippen LogP contribution in [0.15, 0.2) is 0 Å². The topological polar surface area (TPSA) is 28.2 Å². The standard InChI is InChI=1S/C20H37N3O2/c1-3-25-16-20(6-7-20)15-22-12-17-4-5-18(13-22)19(17)14-21-8-10-23(24-2)11-9-21/h17-19H,3-16H2,1-2H3. The number of rotatable bonds is 8. The molecule has 25 heavy (non-hydrogen) atoms. The van der Waals surface area contributed by atoms with Gasteiger partial charge in [0.1, 0.15) is 0 Å². The summed E-state index contributed by atoms with van der Waals surface area (Å²) in [6.45, 7) is 13.7. The second-order valence-electron chi connectivity index (χ2n) is 9.00. The minimum Gasteiger partial charge on any atom is -0.381 e. The van der Waals surface area contributed by atoms with Crippen LogP contribution in [0.1, 0.15) is 32.6 Å². The minimum absolute atomic E-state index is 0.513. The highest BCUT2D eigenvalue weighted by Crippen LogP contribution is 2.49. The Balaban J connectivity index is 1.26. The zero-order valence-electron chi connectivity index (χ0n) is 16.3. The maximum absolute atomic E-state index is 5.76. The lowest BCUT2D eigenvalue weighted by Crippen LogP contribution is -2.51. The smallest absolute Gasteiger partial charge is 0.0575 e. The van der Waals surface area contributed by atoms with E-state index in [-0.39, 0.29) is 0 Å². The van der Waals surface area contributed by atoms with Crippen molar-refractivity contribution in [3.63, 3.8) is 0 Å². The molecule has 0 aromatic rings. The number of piperazine rings is 1. The molecule has 2 saturated carbocycles. The molecule has 2 atom stereocenters. The quantitative estimate of drug-likeness (QED) is 0.666. The fourth-order valence-corrected chi connectivity index (χ4v) is 5.57. The molecule has 0 N–H and O–H groups in total. The summed E-state index contributed by atoms with van der Waals surface area (Å²) in [5.41, 5.74) is 0.513. The Kier molecular flexibility index (Phi) is 5.68. The molecule has 4 fully saturated rings. The molecule has 0 amide bonds. The van der Waals surface area contributed by atoms with Gasteiger partial charge in [-0.2, -0.15) is 5.06 Å². The summed E-state index contributed by atoms with van der Waals surface area (Å²) in [5.74, 6) is 2.80. The number of piperidine rings is 1. The first kappa shape index (κ1) is 18.2. The molecule has 2 bridgehead atoms. The Morgan fingerprint density at radius 2 is 1.64 bits per heavy atom. The lowest BCUT2D eigenvalue weighted by atomic mass is 9.84. The second-order valence-corrected chi connectivity index (χ2v) is 9.00. The molecule has 0 radical (unpaired) electrons. The minimum atomic E-state index is 0.513. The number of nitrogens with zero attached hydrogens (tertiary/aromatic N) is 3. The molecule has 5 heteroatoms. The summed E-state index contributed by atoms with van der Waals surface area (Å²) in [4.78, 5) is 10.9. The molecule has 2 heterocycles. The van der Waals surface area contributed by atoms with E-state index in [9.17, 15) is 0 Å². The van der Waals surface area contributed by atoms with Crippen molar-refractivity contribution in [3.8, 4) is 0 Å². The van der Waals surface area contributed by atoms with Crippen LogP contribution in [0.4, 0.5) is 0 Å². The van der Waals surface area contributed by atoms with E-state index in [2.05, 4.69) is 21.8 Å². The molecule has 0 aromatic carbocycles.